The number of rotatable bonds is 7. The van der Waals surface area contributed by atoms with E-state index in [1.807, 2.05) is 13.0 Å². The largest absolute Gasteiger partial charge is 0.360 e. The van der Waals surface area contributed by atoms with Crippen LogP contribution in [0.3, 0.4) is 0 Å². The third-order valence-corrected chi connectivity index (χ3v) is 6.36. The fraction of sp³-hybridized carbons (Fsp3) is 0.583. The summed E-state index contributed by atoms with van der Waals surface area (Å²) in [4.78, 5) is 20.3. The number of aromatic nitrogens is 1. The van der Waals surface area contributed by atoms with Crippen LogP contribution in [0.5, 0.6) is 0 Å². The summed E-state index contributed by atoms with van der Waals surface area (Å²) < 4.78 is 0. The molecule has 5 nitrogen and oxygen atoms in total. The Kier molecular flexibility index (Phi) is 7.89. The Bertz CT molecular complexity index is 931. The van der Waals surface area contributed by atoms with Crippen molar-refractivity contribution in [3.05, 3.63) is 45.2 Å². The molecule has 0 amide bonds. The Balaban J connectivity index is 1.81. The van der Waals surface area contributed by atoms with E-state index < -0.39 is 0 Å². The quantitative estimate of drug-likeness (QED) is 0.650. The molecule has 1 saturated carbocycles. The number of nitrogens with one attached hydrogen (secondary N) is 2. The van der Waals surface area contributed by atoms with E-state index in [2.05, 4.69) is 53.3 Å². The second kappa shape index (κ2) is 10.4. The van der Waals surface area contributed by atoms with Crippen molar-refractivity contribution in [2.24, 2.45) is 0 Å². The summed E-state index contributed by atoms with van der Waals surface area (Å²) >= 11 is 5.80. The number of nitrogens with zero attached hydrogens (tertiary/aromatic N) is 2. The standard InChI is InChI=1S/C24H36N4OS/c1-17-13-18(2)22-19(14-17)15-20(23(29)26-22)16-28(12-8-11-27(3)4)24(30)25-21-9-6-5-7-10-21/h13-15,21H,5-12,16H2,1-4H3,(H,25,30)(H,26,29). The van der Waals surface area contributed by atoms with Crippen molar-refractivity contribution in [1.82, 2.24) is 20.1 Å². The third kappa shape index (κ3) is 6.05. The number of pyridine rings is 1. The molecule has 1 aliphatic carbocycles. The average Bonchev–Trinajstić information content (AvgIpc) is 2.68. The van der Waals surface area contributed by atoms with Crippen molar-refractivity contribution in [2.45, 2.75) is 65.0 Å². The van der Waals surface area contributed by atoms with Crippen LogP contribution in [0.2, 0.25) is 0 Å². The fourth-order valence-corrected chi connectivity index (χ4v) is 4.72. The number of hydrogen-bond acceptors (Lipinski definition) is 3. The Hall–Kier alpha value is -1.92. The number of fused-ring (bicyclic) bond motifs is 1. The summed E-state index contributed by atoms with van der Waals surface area (Å²) in [6, 6.07) is 6.74. The minimum Gasteiger partial charge on any atom is -0.360 e. The minimum atomic E-state index is -0.0208. The SMILES string of the molecule is Cc1cc(C)c2[nH]c(=O)c(CN(CCCN(C)C)C(=S)NC3CCCCC3)cc2c1. The summed E-state index contributed by atoms with van der Waals surface area (Å²) in [5, 5.41) is 5.45. The summed E-state index contributed by atoms with van der Waals surface area (Å²) in [7, 11) is 4.17. The van der Waals surface area contributed by atoms with Gasteiger partial charge in [-0.3, -0.25) is 4.79 Å². The van der Waals surface area contributed by atoms with Crippen LogP contribution in [0.15, 0.2) is 23.0 Å². The van der Waals surface area contributed by atoms with Gasteiger partial charge < -0.3 is 20.1 Å². The van der Waals surface area contributed by atoms with Gasteiger partial charge >= 0.3 is 0 Å². The number of H-pyrrole nitrogens is 1. The maximum atomic E-state index is 12.8. The molecule has 2 N–H and O–H groups in total. The van der Waals surface area contributed by atoms with Crippen LogP contribution < -0.4 is 10.9 Å². The molecule has 1 aromatic heterocycles. The van der Waals surface area contributed by atoms with Gasteiger partial charge in [-0.25, -0.2) is 0 Å². The summed E-state index contributed by atoms with van der Waals surface area (Å²) in [5.41, 5.74) is 3.98. The molecule has 6 heteroatoms. The molecule has 2 aromatic rings. The number of aryl methyl sites for hydroxylation is 2. The number of aromatic amines is 1. The van der Waals surface area contributed by atoms with E-state index in [4.69, 9.17) is 12.2 Å². The first-order valence-electron chi connectivity index (χ1n) is 11.2. The highest BCUT2D eigenvalue weighted by atomic mass is 32.1. The van der Waals surface area contributed by atoms with Crippen molar-refractivity contribution < 1.29 is 0 Å². The van der Waals surface area contributed by atoms with Gasteiger partial charge in [0.25, 0.3) is 5.56 Å². The molecule has 1 fully saturated rings. The van der Waals surface area contributed by atoms with Gasteiger partial charge in [0.15, 0.2) is 5.11 Å². The van der Waals surface area contributed by atoms with Crippen LogP contribution in [0.25, 0.3) is 10.9 Å². The van der Waals surface area contributed by atoms with E-state index in [0.717, 1.165) is 46.7 Å². The first kappa shape index (κ1) is 22.8. The summed E-state index contributed by atoms with van der Waals surface area (Å²) in [5.74, 6) is 0. The lowest BCUT2D eigenvalue weighted by atomic mass is 9.96. The predicted molar refractivity (Wildman–Crippen MR) is 130 cm³/mol. The topological polar surface area (TPSA) is 51.4 Å². The highest BCUT2D eigenvalue weighted by Crippen LogP contribution is 2.20. The van der Waals surface area contributed by atoms with Gasteiger partial charge in [0, 0.05) is 18.2 Å². The summed E-state index contributed by atoms with van der Waals surface area (Å²) in [6.07, 6.45) is 7.22. The second-order valence-corrected chi connectivity index (χ2v) is 9.42. The predicted octanol–water partition coefficient (Wildman–Crippen LogP) is 4.11. The number of hydrogen-bond donors (Lipinski definition) is 2. The van der Waals surface area contributed by atoms with E-state index in [0.29, 0.717) is 12.6 Å². The van der Waals surface area contributed by atoms with Gasteiger partial charge in [-0.15, -0.1) is 0 Å². The summed E-state index contributed by atoms with van der Waals surface area (Å²) in [6.45, 7) is 6.50. The van der Waals surface area contributed by atoms with E-state index in [1.165, 1.54) is 37.7 Å². The van der Waals surface area contributed by atoms with Crippen LogP contribution in [0, 0.1) is 13.8 Å². The molecule has 1 heterocycles. The third-order valence-electron chi connectivity index (χ3n) is 5.98. The van der Waals surface area contributed by atoms with Gasteiger partial charge in [0.05, 0.1) is 12.1 Å². The van der Waals surface area contributed by atoms with Gasteiger partial charge in [0.1, 0.15) is 0 Å². The van der Waals surface area contributed by atoms with Gasteiger partial charge in [0.2, 0.25) is 0 Å². The lowest BCUT2D eigenvalue weighted by molar-refractivity contribution is 0.330. The molecule has 0 bridgehead atoms. The van der Waals surface area contributed by atoms with Crippen LogP contribution in [-0.4, -0.2) is 53.1 Å². The lowest BCUT2D eigenvalue weighted by Crippen LogP contribution is -2.46. The van der Waals surface area contributed by atoms with Crippen LogP contribution in [0.4, 0.5) is 0 Å². The van der Waals surface area contributed by atoms with Crippen LogP contribution in [-0.2, 0) is 6.54 Å². The molecule has 3 rings (SSSR count). The van der Waals surface area contributed by atoms with Crippen molar-refractivity contribution in [3.63, 3.8) is 0 Å². The van der Waals surface area contributed by atoms with Crippen molar-refractivity contribution >= 4 is 28.2 Å². The van der Waals surface area contributed by atoms with Gasteiger partial charge in [-0.1, -0.05) is 30.9 Å². The first-order chi connectivity index (χ1) is 14.3. The maximum Gasteiger partial charge on any atom is 0.253 e. The van der Waals surface area contributed by atoms with Crippen LogP contribution in [0.1, 0.15) is 55.2 Å². The molecule has 1 aliphatic rings. The second-order valence-electron chi connectivity index (χ2n) is 9.03. The highest BCUT2D eigenvalue weighted by Gasteiger charge is 2.19. The van der Waals surface area contributed by atoms with E-state index in [1.54, 1.807) is 0 Å². The maximum absolute atomic E-state index is 12.8. The monoisotopic (exact) mass is 428 g/mol. The van der Waals surface area contributed by atoms with E-state index >= 15 is 0 Å². The number of benzene rings is 1. The molecule has 164 valence electrons. The Morgan fingerprint density at radius 1 is 1.13 bits per heavy atom. The number of thiocarbonyl (C=S) groups is 1. The van der Waals surface area contributed by atoms with E-state index in [-0.39, 0.29) is 5.56 Å². The molecular weight excluding hydrogens is 392 g/mol. The zero-order valence-electron chi connectivity index (χ0n) is 18.9. The minimum absolute atomic E-state index is 0.0208. The molecule has 0 saturated heterocycles. The Morgan fingerprint density at radius 3 is 2.57 bits per heavy atom. The van der Waals surface area contributed by atoms with Gasteiger partial charge in [-0.05, 0) is 89.1 Å². The first-order valence-corrected chi connectivity index (χ1v) is 11.6. The molecule has 30 heavy (non-hydrogen) atoms. The van der Waals surface area contributed by atoms with Crippen molar-refractivity contribution in [2.75, 3.05) is 27.2 Å². The Morgan fingerprint density at radius 2 is 1.87 bits per heavy atom. The molecule has 1 aromatic carbocycles. The highest BCUT2D eigenvalue weighted by molar-refractivity contribution is 7.80. The van der Waals surface area contributed by atoms with Crippen molar-refractivity contribution in [3.8, 4) is 0 Å². The normalized spacial score (nSPS) is 15.0. The zero-order valence-corrected chi connectivity index (χ0v) is 19.7. The lowest BCUT2D eigenvalue weighted by Gasteiger charge is -2.31. The molecular formula is C24H36N4OS. The molecule has 0 spiro atoms. The van der Waals surface area contributed by atoms with E-state index in [9.17, 15) is 4.79 Å². The molecule has 0 aliphatic heterocycles. The van der Waals surface area contributed by atoms with Crippen molar-refractivity contribution in [1.29, 1.82) is 0 Å². The Labute approximate surface area is 185 Å². The smallest absolute Gasteiger partial charge is 0.253 e. The fourth-order valence-electron chi connectivity index (χ4n) is 4.40. The molecule has 0 unspecified atom stereocenters. The van der Waals surface area contributed by atoms with Crippen LogP contribution >= 0.6 is 12.2 Å². The average molecular weight is 429 g/mol. The zero-order chi connectivity index (χ0) is 21.7. The molecule has 0 atom stereocenters. The molecule has 0 radical (unpaired) electrons. The van der Waals surface area contributed by atoms with Gasteiger partial charge in [-0.2, -0.15) is 0 Å².